The molecule has 1 N–H and O–H groups in total. The second-order valence-electron chi connectivity index (χ2n) is 7.08. The van der Waals surface area contributed by atoms with Gasteiger partial charge in [-0.05, 0) is 23.6 Å². The number of aromatic nitrogens is 2. The Kier molecular flexibility index (Phi) is 5.94. The van der Waals surface area contributed by atoms with Gasteiger partial charge in [0.25, 0.3) is 5.56 Å². The number of aromatic amines is 1. The fraction of sp³-hybridized carbons (Fsp3) is 0.318. The first-order valence-electron chi connectivity index (χ1n) is 9.76. The molecule has 0 bridgehead atoms. The molecule has 3 heterocycles. The second kappa shape index (κ2) is 8.81. The molecular weight excluding hydrogens is 418 g/mol. The summed E-state index contributed by atoms with van der Waals surface area (Å²) < 4.78 is 16.2. The zero-order chi connectivity index (χ0) is 22.0. The van der Waals surface area contributed by atoms with Crippen LogP contribution < -0.4 is 19.8 Å². The molecule has 0 atom stereocenters. The lowest BCUT2D eigenvalue weighted by atomic mass is 10.1. The van der Waals surface area contributed by atoms with Crippen LogP contribution in [0.3, 0.4) is 0 Å². The van der Waals surface area contributed by atoms with Gasteiger partial charge in [-0.1, -0.05) is 6.07 Å². The van der Waals surface area contributed by atoms with Gasteiger partial charge in [0.2, 0.25) is 11.7 Å². The molecule has 1 amide bonds. The number of carbonyl (C=O) groups is 1. The fourth-order valence-corrected chi connectivity index (χ4v) is 4.36. The topological polar surface area (TPSA) is 93.8 Å². The number of fused-ring (bicyclic) bond motifs is 1. The predicted octanol–water partition coefficient (Wildman–Crippen LogP) is 2.65. The molecule has 9 heteroatoms. The van der Waals surface area contributed by atoms with Crippen LogP contribution in [0.2, 0.25) is 0 Å². The van der Waals surface area contributed by atoms with E-state index >= 15 is 0 Å². The number of carbonyl (C=O) groups excluding carboxylic acids is 1. The molecule has 3 aromatic rings. The normalized spacial score (nSPS) is 12.9. The summed E-state index contributed by atoms with van der Waals surface area (Å²) in [6, 6.07) is 7.36. The summed E-state index contributed by atoms with van der Waals surface area (Å²) >= 11 is 1.55. The second-order valence-corrected chi connectivity index (χ2v) is 8.11. The lowest BCUT2D eigenvalue weighted by Gasteiger charge is -2.28. The van der Waals surface area contributed by atoms with E-state index in [0.29, 0.717) is 59.3 Å². The van der Waals surface area contributed by atoms with Gasteiger partial charge < -0.3 is 24.1 Å². The van der Waals surface area contributed by atoms with E-state index in [1.807, 2.05) is 17.5 Å². The number of nitrogens with zero attached hydrogens (tertiary/aromatic N) is 2. The zero-order valence-corrected chi connectivity index (χ0v) is 18.4. The standard InChI is InChI=1S/C22H23N3O5S/c1-28-17-9-13(10-18(29-2)20(17)30-3)21-23-16-6-7-25(12-15(16)22(27)24-21)19(26)11-14-5-4-8-31-14/h4-5,8-10H,6-7,11-12H2,1-3H3,(H,23,24,27). The van der Waals surface area contributed by atoms with Gasteiger partial charge in [0.05, 0.1) is 45.6 Å². The van der Waals surface area contributed by atoms with Gasteiger partial charge in [-0.2, -0.15) is 0 Å². The van der Waals surface area contributed by atoms with Gasteiger partial charge >= 0.3 is 0 Å². The smallest absolute Gasteiger partial charge is 0.256 e. The van der Waals surface area contributed by atoms with Crippen LogP contribution in [0.15, 0.2) is 34.4 Å². The molecule has 1 aromatic carbocycles. The van der Waals surface area contributed by atoms with Crippen LogP contribution in [0.5, 0.6) is 17.2 Å². The molecule has 0 fully saturated rings. The Morgan fingerprint density at radius 3 is 2.55 bits per heavy atom. The number of nitrogens with one attached hydrogen (secondary N) is 1. The fourth-order valence-electron chi connectivity index (χ4n) is 3.67. The number of amides is 1. The first-order valence-corrected chi connectivity index (χ1v) is 10.6. The summed E-state index contributed by atoms with van der Waals surface area (Å²) in [7, 11) is 4.60. The van der Waals surface area contributed by atoms with E-state index in [-0.39, 0.29) is 18.0 Å². The number of rotatable bonds is 6. The van der Waals surface area contributed by atoms with Crippen molar-refractivity contribution in [1.29, 1.82) is 0 Å². The van der Waals surface area contributed by atoms with Crippen molar-refractivity contribution in [1.82, 2.24) is 14.9 Å². The molecule has 0 saturated carbocycles. The summed E-state index contributed by atoms with van der Waals surface area (Å²) in [5.41, 5.74) is 1.63. The summed E-state index contributed by atoms with van der Waals surface area (Å²) in [6.07, 6.45) is 0.870. The van der Waals surface area contributed by atoms with Crippen molar-refractivity contribution < 1.29 is 19.0 Å². The highest BCUT2D eigenvalue weighted by atomic mass is 32.1. The van der Waals surface area contributed by atoms with Crippen LogP contribution in [0.25, 0.3) is 11.4 Å². The Bertz CT molecular complexity index is 1130. The minimum atomic E-state index is -0.248. The Hall–Kier alpha value is -3.33. The largest absolute Gasteiger partial charge is 0.493 e. The third kappa shape index (κ3) is 4.13. The summed E-state index contributed by atoms with van der Waals surface area (Å²) in [5.74, 6) is 1.85. The molecule has 8 nitrogen and oxygen atoms in total. The van der Waals surface area contributed by atoms with Gasteiger partial charge in [0, 0.05) is 23.4 Å². The molecule has 162 valence electrons. The number of hydrogen-bond donors (Lipinski definition) is 1. The van der Waals surface area contributed by atoms with Crippen LogP contribution in [0.4, 0.5) is 0 Å². The third-order valence-corrected chi connectivity index (χ3v) is 6.14. The lowest BCUT2D eigenvalue weighted by molar-refractivity contribution is -0.131. The average molecular weight is 442 g/mol. The molecule has 31 heavy (non-hydrogen) atoms. The van der Waals surface area contributed by atoms with E-state index < -0.39 is 0 Å². The average Bonchev–Trinajstić information content (AvgIpc) is 3.30. The maximum atomic E-state index is 12.9. The minimum absolute atomic E-state index is 0.0150. The van der Waals surface area contributed by atoms with Crippen molar-refractivity contribution in [2.45, 2.75) is 19.4 Å². The van der Waals surface area contributed by atoms with Crippen LogP contribution in [-0.2, 0) is 24.2 Å². The van der Waals surface area contributed by atoms with E-state index in [4.69, 9.17) is 14.2 Å². The van der Waals surface area contributed by atoms with Crippen LogP contribution in [-0.4, -0.2) is 48.6 Å². The van der Waals surface area contributed by atoms with Gasteiger partial charge in [-0.15, -0.1) is 11.3 Å². The maximum Gasteiger partial charge on any atom is 0.256 e. The number of methoxy groups -OCH3 is 3. The summed E-state index contributed by atoms with van der Waals surface area (Å²) in [4.78, 5) is 35.7. The first-order chi connectivity index (χ1) is 15.0. The molecule has 2 aromatic heterocycles. The van der Waals surface area contributed by atoms with E-state index in [9.17, 15) is 9.59 Å². The van der Waals surface area contributed by atoms with Crippen LogP contribution in [0.1, 0.15) is 16.1 Å². The monoisotopic (exact) mass is 441 g/mol. The van der Waals surface area contributed by atoms with Crippen molar-refractivity contribution >= 4 is 17.2 Å². The quantitative estimate of drug-likeness (QED) is 0.632. The molecule has 0 unspecified atom stereocenters. The van der Waals surface area contributed by atoms with E-state index in [0.717, 1.165) is 4.88 Å². The first kappa shape index (κ1) is 20.9. The predicted molar refractivity (Wildman–Crippen MR) is 117 cm³/mol. The Morgan fingerprint density at radius 1 is 1.19 bits per heavy atom. The van der Waals surface area contributed by atoms with E-state index in [1.165, 1.54) is 21.3 Å². The molecule has 0 radical (unpaired) electrons. The summed E-state index contributed by atoms with van der Waals surface area (Å²) in [6.45, 7) is 0.791. The Balaban J connectivity index is 1.63. The van der Waals surface area contributed by atoms with Crippen molar-refractivity contribution in [3.05, 3.63) is 56.1 Å². The Morgan fingerprint density at radius 2 is 1.94 bits per heavy atom. The SMILES string of the molecule is COc1cc(-c2nc3c(c(=O)[nH]2)CN(C(=O)Cc2cccs2)CC3)cc(OC)c1OC. The number of benzene rings is 1. The molecule has 0 saturated heterocycles. The van der Waals surface area contributed by atoms with Gasteiger partial charge in [0.15, 0.2) is 11.5 Å². The molecule has 0 spiro atoms. The Labute approximate surface area is 183 Å². The van der Waals surface area contributed by atoms with Crippen molar-refractivity contribution in [2.75, 3.05) is 27.9 Å². The minimum Gasteiger partial charge on any atom is -0.493 e. The molecule has 4 rings (SSSR count). The van der Waals surface area contributed by atoms with Crippen molar-refractivity contribution in [3.8, 4) is 28.6 Å². The van der Waals surface area contributed by atoms with Gasteiger partial charge in [0.1, 0.15) is 5.82 Å². The van der Waals surface area contributed by atoms with E-state index in [2.05, 4.69) is 9.97 Å². The highest BCUT2D eigenvalue weighted by molar-refractivity contribution is 7.10. The van der Waals surface area contributed by atoms with Gasteiger partial charge in [-0.3, -0.25) is 9.59 Å². The summed E-state index contributed by atoms with van der Waals surface area (Å²) in [5, 5.41) is 1.95. The number of H-pyrrole nitrogens is 1. The number of ether oxygens (including phenoxy) is 3. The van der Waals surface area contributed by atoms with Gasteiger partial charge in [-0.25, -0.2) is 4.98 Å². The van der Waals surface area contributed by atoms with Crippen LogP contribution in [0, 0.1) is 0 Å². The van der Waals surface area contributed by atoms with Crippen molar-refractivity contribution in [3.63, 3.8) is 0 Å². The molecule has 1 aliphatic rings. The highest BCUT2D eigenvalue weighted by Gasteiger charge is 2.25. The molecule has 1 aliphatic heterocycles. The lowest BCUT2D eigenvalue weighted by Crippen LogP contribution is -2.40. The third-order valence-electron chi connectivity index (χ3n) is 5.27. The number of thiophene rings is 1. The number of hydrogen-bond acceptors (Lipinski definition) is 7. The van der Waals surface area contributed by atoms with Crippen LogP contribution >= 0.6 is 11.3 Å². The maximum absolute atomic E-state index is 12.9. The zero-order valence-electron chi connectivity index (χ0n) is 17.6. The highest BCUT2D eigenvalue weighted by Crippen LogP contribution is 2.40. The van der Waals surface area contributed by atoms with E-state index in [1.54, 1.807) is 28.4 Å². The van der Waals surface area contributed by atoms with Crippen molar-refractivity contribution in [2.24, 2.45) is 0 Å². The molecular formula is C22H23N3O5S. The molecule has 0 aliphatic carbocycles.